The zero-order valence-electron chi connectivity index (χ0n) is 7.26. The van der Waals surface area contributed by atoms with Crippen LogP contribution in [0.4, 0.5) is 0 Å². The lowest BCUT2D eigenvalue weighted by atomic mass is 9.99. The Morgan fingerprint density at radius 3 is 2.92 bits per heavy atom. The summed E-state index contributed by atoms with van der Waals surface area (Å²) < 4.78 is 6.76. The van der Waals surface area contributed by atoms with Crippen LogP contribution in [0.5, 0.6) is 5.75 Å². The van der Waals surface area contributed by atoms with Gasteiger partial charge in [0.15, 0.2) is 0 Å². The Morgan fingerprint density at radius 1 is 1.54 bits per heavy atom. The highest BCUT2D eigenvalue weighted by molar-refractivity contribution is 14.1. The molecule has 70 valence electrons. The van der Waals surface area contributed by atoms with E-state index in [0.29, 0.717) is 5.92 Å². The molecule has 1 aliphatic rings. The zero-order chi connectivity index (χ0) is 9.42. The molecule has 0 aromatic heterocycles. The molecule has 1 aliphatic heterocycles. The van der Waals surface area contributed by atoms with Crippen molar-refractivity contribution in [3.8, 4) is 5.75 Å². The van der Waals surface area contributed by atoms with Crippen molar-refractivity contribution in [3.63, 3.8) is 0 Å². The molecule has 0 radical (unpaired) electrons. The quantitative estimate of drug-likeness (QED) is 0.568. The molecular weight excluding hydrogens is 298 g/mol. The van der Waals surface area contributed by atoms with Gasteiger partial charge in [0, 0.05) is 20.9 Å². The van der Waals surface area contributed by atoms with Gasteiger partial charge in [0.1, 0.15) is 11.9 Å². The normalized spacial score (nSPS) is 25.5. The molecule has 0 amide bonds. The molecule has 13 heavy (non-hydrogen) atoms. The van der Waals surface area contributed by atoms with E-state index < -0.39 is 0 Å². The van der Waals surface area contributed by atoms with Crippen molar-refractivity contribution in [2.75, 3.05) is 4.43 Å². The predicted molar refractivity (Wildman–Crippen MR) is 63.2 cm³/mol. The second kappa shape index (κ2) is 3.65. The Hall–Kier alpha value is 0.0400. The molecule has 2 unspecified atom stereocenters. The Bertz CT molecular complexity index is 327. The summed E-state index contributed by atoms with van der Waals surface area (Å²) in [6.07, 6.45) is 0.287. The first-order valence-electron chi connectivity index (χ1n) is 4.25. The molecule has 1 aromatic carbocycles. The first-order valence-corrected chi connectivity index (χ1v) is 6.15. The summed E-state index contributed by atoms with van der Waals surface area (Å²) in [5.41, 5.74) is 1.17. The van der Waals surface area contributed by atoms with Crippen LogP contribution in [0.3, 0.4) is 0 Å². The summed E-state index contributed by atoms with van der Waals surface area (Å²) in [4.78, 5) is 0. The van der Waals surface area contributed by atoms with Gasteiger partial charge in [-0.3, -0.25) is 0 Å². The Balaban J connectivity index is 2.44. The summed E-state index contributed by atoms with van der Waals surface area (Å²) in [7, 11) is 0. The van der Waals surface area contributed by atoms with Crippen molar-refractivity contribution < 1.29 is 4.74 Å². The van der Waals surface area contributed by atoms with E-state index in [4.69, 9.17) is 16.3 Å². The van der Waals surface area contributed by atoms with Gasteiger partial charge in [0.2, 0.25) is 0 Å². The zero-order valence-corrected chi connectivity index (χ0v) is 10.2. The Morgan fingerprint density at radius 2 is 2.31 bits per heavy atom. The van der Waals surface area contributed by atoms with E-state index in [2.05, 4.69) is 29.5 Å². The minimum absolute atomic E-state index is 0.287. The number of benzene rings is 1. The van der Waals surface area contributed by atoms with Gasteiger partial charge in [-0.05, 0) is 12.1 Å². The van der Waals surface area contributed by atoms with Crippen LogP contribution < -0.4 is 4.74 Å². The lowest BCUT2D eigenvalue weighted by Gasteiger charge is -2.11. The molecule has 1 heterocycles. The average Bonchev–Trinajstić information content (AvgIpc) is 2.44. The third-order valence-electron chi connectivity index (χ3n) is 2.46. The van der Waals surface area contributed by atoms with E-state index in [1.807, 2.05) is 18.2 Å². The van der Waals surface area contributed by atoms with Gasteiger partial charge in [0.05, 0.1) is 0 Å². The van der Waals surface area contributed by atoms with Crippen LogP contribution in [0.25, 0.3) is 0 Å². The molecule has 0 fully saturated rings. The maximum absolute atomic E-state index is 6.10. The number of alkyl halides is 1. The van der Waals surface area contributed by atoms with Gasteiger partial charge in [-0.15, -0.1) is 0 Å². The Labute approximate surface area is 96.6 Å². The summed E-state index contributed by atoms with van der Waals surface area (Å²) >= 11 is 8.45. The summed E-state index contributed by atoms with van der Waals surface area (Å²) in [5.74, 6) is 1.38. The molecule has 0 N–H and O–H groups in total. The minimum Gasteiger partial charge on any atom is -0.489 e. The molecular formula is C10H10ClIO. The molecule has 2 rings (SSSR count). The molecule has 0 spiro atoms. The van der Waals surface area contributed by atoms with Crippen molar-refractivity contribution in [2.45, 2.75) is 18.9 Å². The second-order valence-corrected chi connectivity index (χ2v) is 4.54. The van der Waals surface area contributed by atoms with Crippen LogP contribution in [0.15, 0.2) is 18.2 Å². The van der Waals surface area contributed by atoms with Crippen molar-refractivity contribution in [2.24, 2.45) is 0 Å². The van der Waals surface area contributed by atoms with Gasteiger partial charge in [0.25, 0.3) is 0 Å². The number of rotatable bonds is 1. The molecule has 3 heteroatoms. The van der Waals surface area contributed by atoms with Gasteiger partial charge in [-0.1, -0.05) is 47.2 Å². The summed E-state index contributed by atoms with van der Waals surface area (Å²) in [6, 6.07) is 5.85. The van der Waals surface area contributed by atoms with Crippen LogP contribution in [0, 0.1) is 0 Å². The first-order chi connectivity index (χ1) is 6.24. The van der Waals surface area contributed by atoms with Gasteiger partial charge >= 0.3 is 0 Å². The maximum atomic E-state index is 6.10. The summed E-state index contributed by atoms with van der Waals surface area (Å²) in [6.45, 7) is 2.17. The number of ether oxygens (including phenoxy) is 1. The van der Waals surface area contributed by atoms with E-state index in [1.165, 1.54) is 5.56 Å². The third-order valence-corrected chi connectivity index (χ3v) is 3.65. The smallest absolute Gasteiger partial charge is 0.124 e. The highest BCUT2D eigenvalue weighted by Gasteiger charge is 2.31. The topological polar surface area (TPSA) is 9.23 Å². The number of halogens is 2. The maximum Gasteiger partial charge on any atom is 0.124 e. The highest BCUT2D eigenvalue weighted by atomic mass is 127. The Kier molecular flexibility index (Phi) is 2.70. The van der Waals surface area contributed by atoms with E-state index in [9.17, 15) is 0 Å². The van der Waals surface area contributed by atoms with Crippen LogP contribution >= 0.6 is 34.2 Å². The van der Waals surface area contributed by atoms with Crippen LogP contribution in [0.2, 0.25) is 5.02 Å². The predicted octanol–water partition coefficient (Wildman–Crippen LogP) is 3.64. The van der Waals surface area contributed by atoms with Gasteiger partial charge in [-0.25, -0.2) is 0 Å². The number of hydrogen-bond donors (Lipinski definition) is 0. The SMILES string of the molecule is CC1c2c(Cl)cccc2OC1CI. The van der Waals surface area contributed by atoms with E-state index in [-0.39, 0.29) is 6.10 Å². The third kappa shape index (κ3) is 1.54. The fraction of sp³-hybridized carbons (Fsp3) is 0.400. The van der Waals surface area contributed by atoms with Gasteiger partial charge in [-0.2, -0.15) is 0 Å². The molecule has 0 aliphatic carbocycles. The minimum atomic E-state index is 0.287. The first kappa shape index (κ1) is 9.59. The molecule has 0 saturated heterocycles. The van der Waals surface area contributed by atoms with Crippen molar-refractivity contribution in [1.29, 1.82) is 0 Å². The fourth-order valence-electron chi connectivity index (χ4n) is 1.68. The fourth-order valence-corrected chi connectivity index (χ4v) is 2.96. The molecule has 2 atom stereocenters. The number of fused-ring (bicyclic) bond motifs is 1. The van der Waals surface area contributed by atoms with Crippen molar-refractivity contribution in [1.82, 2.24) is 0 Å². The van der Waals surface area contributed by atoms with E-state index in [0.717, 1.165) is 15.2 Å². The van der Waals surface area contributed by atoms with Crippen LogP contribution in [-0.2, 0) is 0 Å². The lowest BCUT2D eigenvalue weighted by molar-refractivity contribution is 0.240. The average molecular weight is 309 g/mol. The lowest BCUT2D eigenvalue weighted by Crippen LogP contribution is -2.17. The largest absolute Gasteiger partial charge is 0.489 e. The molecule has 0 bridgehead atoms. The van der Waals surface area contributed by atoms with Crippen molar-refractivity contribution >= 4 is 34.2 Å². The molecule has 0 saturated carbocycles. The van der Waals surface area contributed by atoms with E-state index >= 15 is 0 Å². The van der Waals surface area contributed by atoms with Crippen LogP contribution in [-0.4, -0.2) is 10.5 Å². The van der Waals surface area contributed by atoms with Crippen LogP contribution in [0.1, 0.15) is 18.4 Å². The molecule has 1 aromatic rings. The van der Waals surface area contributed by atoms with E-state index in [1.54, 1.807) is 0 Å². The van der Waals surface area contributed by atoms with Crippen molar-refractivity contribution in [3.05, 3.63) is 28.8 Å². The number of hydrogen-bond acceptors (Lipinski definition) is 1. The summed E-state index contributed by atoms with van der Waals surface area (Å²) in [5, 5.41) is 0.831. The monoisotopic (exact) mass is 308 g/mol. The molecule has 1 nitrogen and oxygen atoms in total. The highest BCUT2D eigenvalue weighted by Crippen LogP contribution is 2.42. The van der Waals surface area contributed by atoms with Gasteiger partial charge < -0.3 is 4.74 Å². The standard InChI is InChI=1S/C10H10ClIO/c1-6-9(5-12)13-8-4-2-3-7(11)10(6)8/h2-4,6,9H,5H2,1H3. The second-order valence-electron chi connectivity index (χ2n) is 3.25.